The molecule has 8 heteroatoms. The minimum atomic E-state index is -0.0832. The van der Waals surface area contributed by atoms with Crippen molar-refractivity contribution in [1.29, 1.82) is 0 Å². The second-order valence-electron chi connectivity index (χ2n) is 7.23. The number of aryl methyl sites for hydroxylation is 2. The molecule has 0 atom stereocenters. The topological polar surface area (TPSA) is 78.3 Å². The highest BCUT2D eigenvalue weighted by Crippen LogP contribution is 2.37. The lowest BCUT2D eigenvalue weighted by Crippen LogP contribution is -2.14. The van der Waals surface area contributed by atoms with E-state index in [9.17, 15) is 4.79 Å². The van der Waals surface area contributed by atoms with Gasteiger partial charge in [0.15, 0.2) is 22.5 Å². The number of nitrogens with one attached hydrogen (secondary N) is 1. The van der Waals surface area contributed by atoms with Crippen LogP contribution in [0, 0.1) is 13.8 Å². The quantitative estimate of drug-likeness (QED) is 0.624. The van der Waals surface area contributed by atoms with E-state index < -0.39 is 0 Å². The number of hydrogen-bond donors (Lipinski definition) is 1. The second-order valence-corrected chi connectivity index (χ2v) is 8.17. The van der Waals surface area contributed by atoms with Crippen LogP contribution in [0.3, 0.4) is 0 Å². The molecule has 30 heavy (non-hydrogen) atoms. The van der Waals surface area contributed by atoms with Crippen LogP contribution in [-0.2, 0) is 11.8 Å². The third-order valence-corrected chi connectivity index (χ3v) is 5.86. The lowest BCUT2D eigenvalue weighted by molar-refractivity contribution is -0.113. The summed E-state index contributed by atoms with van der Waals surface area (Å²) in [5.41, 5.74) is 3.90. The highest BCUT2D eigenvalue weighted by molar-refractivity contribution is 7.99. The summed E-state index contributed by atoms with van der Waals surface area (Å²) in [5, 5.41) is 12.2. The molecule has 0 unspecified atom stereocenters. The van der Waals surface area contributed by atoms with E-state index in [4.69, 9.17) is 9.47 Å². The number of hydrogen-bond acceptors (Lipinski definition) is 6. The lowest BCUT2D eigenvalue weighted by atomic mass is 10.1. The first-order valence-corrected chi connectivity index (χ1v) is 10.8. The SMILES string of the molecule is Cc1ccc(NC(=O)CSc2nnc(-c3cc4c(cc3C)OCCCO4)n2C)cc1. The van der Waals surface area contributed by atoms with Crippen molar-refractivity contribution in [3.8, 4) is 22.9 Å². The molecule has 1 aliphatic heterocycles. The van der Waals surface area contributed by atoms with Gasteiger partial charge in [-0.05, 0) is 43.7 Å². The van der Waals surface area contributed by atoms with Gasteiger partial charge in [0, 0.05) is 24.7 Å². The molecule has 0 aliphatic carbocycles. The largest absolute Gasteiger partial charge is 0.490 e. The van der Waals surface area contributed by atoms with Gasteiger partial charge in [-0.3, -0.25) is 4.79 Å². The summed E-state index contributed by atoms with van der Waals surface area (Å²) < 4.78 is 13.5. The number of anilines is 1. The smallest absolute Gasteiger partial charge is 0.234 e. The molecule has 1 aliphatic rings. The summed E-state index contributed by atoms with van der Waals surface area (Å²) in [4.78, 5) is 12.3. The molecule has 0 saturated carbocycles. The summed E-state index contributed by atoms with van der Waals surface area (Å²) in [7, 11) is 1.90. The van der Waals surface area contributed by atoms with Crippen LogP contribution in [-0.4, -0.2) is 39.6 Å². The summed E-state index contributed by atoms with van der Waals surface area (Å²) in [5.74, 6) is 2.38. The molecule has 0 fully saturated rings. The number of carbonyl (C=O) groups excluding carboxylic acids is 1. The van der Waals surface area contributed by atoms with Crippen molar-refractivity contribution in [3.05, 3.63) is 47.5 Å². The maximum absolute atomic E-state index is 12.3. The zero-order chi connectivity index (χ0) is 21.1. The molecule has 3 aromatic rings. The van der Waals surface area contributed by atoms with Crippen molar-refractivity contribution < 1.29 is 14.3 Å². The van der Waals surface area contributed by atoms with E-state index in [0.717, 1.165) is 46.1 Å². The van der Waals surface area contributed by atoms with Crippen molar-refractivity contribution in [2.75, 3.05) is 24.3 Å². The number of nitrogens with zero attached hydrogens (tertiary/aromatic N) is 3. The molecule has 7 nitrogen and oxygen atoms in total. The molecule has 0 bridgehead atoms. The van der Waals surface area contributed by atoms with Gasteiger partial charge in [0.25, 0.3) is 0 Å². The highest BCUT2D eigenvalue weighted by Gasteiger charge is 2.19. The van der Waals surface area contributed by atoms with Crippen LogP contribution >= 0.6 is 11.8 Å². The van der Waals surface area contributed by atoms with Crippen molar-refractivity contribution in [2.45, 2.75) is 25.4 Å². The van der Waals surface area contributed by atoms with Crippen LogP contribution in [0.25, 0.3) is 11.4 Å². The first-order valence-electron chi connectivity index (χ1n) is 9.80. The average Bonchev–Trinajstić information content (AvgIpc) is 2.93. The standard InChI is InChI=1S/C22H24N4O3S/c1-14-5-7-16(8-6-14)23-20(27)13-30-22-25-24-21(26(22)3)17-12-19-18(11-15(17)2)28-9-4-10-29-19/h5-8,11-12H,4,9-10,13H2,1-3H3,(H,23,27). The Kier molecular flexibility index (Phi) is 5.94. The first kappa shape index (κ1) is 20.3. The van der Waals surface area contributed by atoms with E-state index in [2.05, 4.69) is 15.5 Å². The average molecular weight is 425 g/mol. The van der Waals surface area contributed by atoms with Gasteiger partial charge >= 0.3 is 0 Å². The summed E-state index contributed by atoms with van der Waals surface area (Å²) in [6, 6.07) is 11.7. The normalized spacial score (nSPS) is 13.0. The molecule has 4 rings (SSSR count). The van der Waals surface area contributed by atoms with Crippen molar-refractivity contribution in [3.63, 3.8) is 0 Å². The Morgan fingerprint density at radius 2 is 1.80 bits per heavy atom. The number of carbonyl (C=O) groups is 1. The van der Waals surface area contributed by atoms with E-state index >= 15 is 0 Å². The molecule has 0 saturated heterocycles. The number of amides is 1. The zero-order valence-electron chi connectivity index (χ0n) is 17.3. The van der Waals surface area contributed by atoms with Crippen LogP contribution in [0.2, 0.25) is 0 Å². The van der Waals surface area contributed by atoms with Gasteiger partial charge < -0.3 is 19.4 Å². The van der Waals surface area contributed by atoms with Gasteiger partial charge in [-0.25, -0.2) is 0 Å². The van der Waals surface area contributed by atoms with Gasteiger partial charge in [0.1, 0.15) is 0 Å². The predicted octanol–water partition coefficient (Wildman–Crippen LogP) is 3.99. The molecule has 0 radical (unpaired) electrons. The molecule has 0 spiro atoms. The molecule has 1 N–H and O–H groups in total. The highest BCUT2D eigenvalue weighted by atomic mass is 32.2. The summed E-state index contributed by atoms with van der Waals surface area (Å²) in [6.07, 6.45) is 0.860. The number of rotatable bonds is 5. The van der Waals surface area contributed by atoms with Crippen molar-refractivity contribution in [2.24, 2.45) is 7.05 Å². The monoisotopic (exact) mass is 424 g/mol. The van der Waals surface area contributed by atoms with Gasteiger partial charge in [-0.15, -0.1) is 10.2 Å². The third-order valence-electron chi connectivity index (χ3n) is 4.84. The maximum atomic E-state index is 12.3. The van der Waals surface area contributed by atoms with E-state index in [1.54, 1.807) is 0 Å². The van der Waals surface area contributed by atoms with E-state index in [0.29, 0.717) is 18.4 Å². The Labute approximate surface area is 179 Å². The second kappa shape index (κ2) is 8.79. The molecule has 2 heterocycles. The Morgan fingerprint density at radius 1 is 1.10 bits per heavy atom. The minimum Gasteiger partial charge on any atom is -0.490 e. The maximum Gasteiger partial charge on any atom is 0.234 e. The number of thioether (sulfide) groups is 1. The Morgan fingerprint density at radius 3 is 2.53 bits per heavy atom. The van der Waals surface area contributed by atoms with Gasteiger partial charge in [0.05, 0.1) is 19.0 Å². The Balaban J connectivity index is 1.47. The molecule has 2 aromatic carbocycles. The minimum absolute atomic E-state index is 0.0832. The van der Waals surface area contributed by atoms with Gasteiger partial charge in [0.2, 0.25) is 5.91 Å². The third kappa shape index (κ3) is 4.43. The van der Waals surface area contributed by atoms with E-state index in [1.807, 2.05) is 61.9 Å². The fourth-order valence-electron chi connectivity index (χ4n) is 3.19. The molecule has 1 aromatic heterocycles. The predicted molar refractivity (Wildman–Crippen MR) is 117 cm³/mol. The fourth-order valence-corrected chi connectivity index (χ4v) is 3.90. The number of benzene rings is 2. The fraction of sp³-hybridized carbons (Fsp3) is 0.318. The van der Waals surface area contributed by atoms with E-state index in [-0.39, 0.29) is 11.7 Å². The zero-order valence-corrected chi connectivity index (χ0v) is 18.1. The molecular weight excluding hydrogens is 400 g/mol. The summed E-state index contributed by atoms with van der Waals surface area (Å²) >= 11 is 1.35. The summed E-state index contributed by atoms with van der Waals surface area (Å²) in [6.45, 7) is 5.31. The molecule has 156 valence electrons. The van der Waals surface area contributed by atoms with Crippen LogP contribution in [0.15, 0.2) is 41.6 Å². The van der Waals surface area contributed by atoms with E-state index in [1.165, 1.54) is 11.8 Å². The number of aromatic nitrogens is 3. The van der Waals surface area contributed by atoms with Gasteiger partial charge in [-0.2, -0.15) is 0 Å². The van der Waals surface area contributed by atoms with Crippen LogP contribution in [0.4, 0.5) is 5.69 Å². The van der Waals surface area contributed by atoms with Crippen LogP contribution < -0.4 is 14.8 Å². The lowest BCUT2D eigenvalue weighted by Gasteiger charge is -2.12. The molecule has 1 amide bonds. The molecular formula is C22H24N4O3S. The Hall–Kier alpha value is -3.00. The van der Waals surface area contributed by atoms with Gasteiger partial charge in [-0.1, -0.05) is 29.5 Å². The number of fused-ring (bicyclic) bond motifs is 1. The number of ether oxygens (including phenoxy) is 2. The van der Waals surface area contributed by atoms with Crippen molar-refractivity contribution >= 4 is 23.4 Å². The van der Waals surface area contributed by atoms with Crippen LogP contribution in [0.5, 0.6) is 11.5 Å². The Bertz CT molecular complexity index is 1060. The van der Waals surface area contributed by atoms with Crippen molar-refractivity contribution in [1.82, 2.24) is 14.8 Å². The first-order chi connectivity index (χ1) is 14.5. The van der Waals surface area contributed by atoms with Crippen LogP contribution in [0.1, 0.15) is 17.5 Å².